The molecule has 1 fully saturated rings. The highest BCUT2D eigenvalue weighted by Crippen LogP contribution is 2.30. The van der Waals surface area contributed by atoms with Gasteiger partial charge >= 0.3 is 0 Å². The van der Waals surface area contributed by atoms with Crippen LogP contribution in [0.4, 0.5) is 0 Å². The lowest BCUT2D eigenvalue weighted by atomic mass is 10.3. The van der Waals surface area contributed by atoms with E-state index in [0.717, 1.165) is 5.71 Å². The number of nitrogens with zero attached hydrogens (tertiary/aromatic N) is 1. The van der Waals surface area contributed by atoms with Crippen LogP contribution in [0.1, 0.15) is 19.8 Å². The van der Waals surface area contributed by atoms with Gasteiger partial charge in [0.05, 0.1) is 0 Å². The molecule has 96 valence electrons. The lowest BCUT2D eigenvalue weighted by Gasteiger charge is -2.05. The minimum Gasteiger partial charge on any atom is -0.484 e. The monoisotopic (exact) mass is 266 g/mol. The van der Waals surface area contributed by atoms with Crippen molar-refractivity contribution in [3.05, 3.63) is 29.3 Å². The molecule has 0 radical (unpaired) electrons. The van der Waals surface area contributed by atoms with E-state index in [-0.39, 0.29) is 12.5 Å². The Labute approximate surface area is 111 Å². The van der Waals surface area contributed by atoms with Crippen molar-refractivity contribution in [1.82, 2.24) is 5.43 Å². The predicted molar refractivity (Wildman–Crippen MR) is 70.9 cm³/mol. The second-order valence-corrected chi connectivity index (χ2v) is 4.74. The van der Waals surface area contributed by atoms with Crippen LogP contribution in [0.3, 0.4) is 0 Å². The molecule has 2 rings (SSSR count). The Morgan fingerprint density at radius 2 is 2.11 bits per heavy atom. The molecule has 5 heteroatoms. The summed E-state index contributed by atoms with van der Waals surface area (Å²) in [5, 5.41) is 4.66. The van der Waals surface area contributed by atoms with Crippen molar-refractivity contribution in [2.24, 2.45) is 11.0 Å². The van der Waals surface area contributed by atoms with Crippen molar-refractivity contribution >= 4 is 23.2 Å². The Morgan fingerprint density at radius 3 is 2.72 bits per heavy atom. The van der Waals surface area contributed by atoms with E-state index in [1.165, 1.54) is 12.8 Å². The molecule has 1 amide bonds. The average Bonchev–Trinajstić information content (AvgIpc) is 3.19. The predicted octanol–water partition coefficient (Wildman–Crippen LogP) is 2.62. The third-order valence-corrected chi connectivity index (χ3v) is 2.96. The zero-order valence-corrected chi connectivity index (χ0v) is 10.9. The second kappa shape index (κ2) is 5.87. The third kappa shape index (κ3) is 4.04. The molecular formula is C13H15ClN2O2. The highest BCUT2D eigenvalue weighted by atomic mass is 35.5. The molecule has 0 bridgehead atoms. The van der Waals surface area contributed by atoms with Gasteiger partial charge in [0, 0.05) is 10.7 Å². The largest absolute Gasteiger partial charge is 0.484 e. The van der Waals surface area contributed by atoms with Crippen molar-refractivity contribution in [3.63, 3.8) is 0 Å². The fourth-order valence-corrected chi connectivity index (χ4v) is 1.58. The Morgan fingerprint density at radius 1 is 1.44 bits per heavy atom. The number of hydrazone groups is 1. The lowest BCUT2D eigenvalue weighted by Crippen LogP contribution is -2.25. The van der Waals surface area contributed by atoms with E-state index in [1.54, 1.807) is 24.3 Å². The minimum absolute atomic E-state index is 0.0525. The van der Waals surface area contributed by atoms with Crippen molar-refractivity contribution in [1.29, 1.82) is 0 Å². The van der Waals surface area contributed by atoms with Crippen LogP contribution in [0.2, 0.25) is 5.02 Å². The van der Waals surface area contributed by atoms with Crippen molar-refractivity contribution in [2.75, 3.05) is 6.61 Å². The fourth-order valence-electron chi connectivity index (χ4n) is 1.45. The van der Waals surface area contributed by atoms with Gasteiger partial charge in [-0.2, -0.15) is 5.10 Å². The summed E-state index contributed by atoms with van der Waals surface area (Å²) in [5.74, 6) is 0.907. The topological polar surface area (TPSA) is 50.7 Å². The first kappa shape index (κ1) is 12.9. The van der Waals surface area contributed by atoms with Gasteiger partial charge < -0.3 is 4.74 Å². The van der Waals surface area contributed by atoms with Gasteiger partial charge in [-0.1, -0.05) is 11.6 Å². The fraction of sp³-hybridized carbons (Fsp3) is 0.385. The molecule has 0 aliphatic heterocycles. The summed E-state index contributed by atoms with van der Waals surface area (Å²) in [4.78, 5) is 11.5. The summed E-state index contributed by atoms with van der Waals surface area (Å²) < 4.78 is 5.29. The number of rotatable bonds is 5. The summed E-state index contributed by atoms with van der Waals surface area (Å²) >= 11 is 5.74. The average molecular weight is 267 g/mol. The lowest BCUT2D eigenvalue weighted by molar-refractivity contribution is -0.123. The van der Waals surface area contributed by atoms with Crippen LogP contribution in [-0.4, -0.2) is 18.2 Å². The first-order valence-corrected chi connectivity index (χ1v) is 6.24. The number of halogens is 1. The van der Waals surface area contributed by atoms with E-state index < -0.39 is 0 Å². The van der Waals surface area contributed by atoms with E-state index >= 15 is 0 Å². The molecule has 4 nitrogen and oxygen atoms in total. The third-order valence-electron chi connectivity index (χ3n) is 2.71. The van der Waals surface area contributed by atoms with Crippen molar-refractivity contribution in [2.45, 2.75) is 19.8 Å². The molecule has 1 aromatic rings. The molecule has 0 spiro atoms. The zero-order chi connectivity index (χ0) is 13.0. The zero-order valence-electron chi connectivity index (χ0n) is 10.1. The first-order valence-electron chi connectivity index (χ1n) is 5.86. The highest BCUT2D eigenvalue weighted by molar-refractivity contribution is 6.30. The van der Waals surface area contributed by atoms with E-state index in [9.17, 15) is 4.79 Å². The van der Waals surface area contributed by atoms with Gasteiger partial charge in [-0.25, -0.2) is 5.43 Å². The Kier molecular flexibility index (Phi) is 4.20. The van der Waals surface area contributed by atoms with Crippen LogP contribution in [0.5, 0.6) is 5.75 Å². The molecule has 0 saturated heterocycles. The number of benzene rings is 1. The molecule has 1 N–H and O–H groups in total. The summed E-state index contributed by atoms with van der Waals surface area (Å²) in [6, 6.07) is 6.86. The van der Waals surface area contributed by atoms with Gasteiger partial charge in [0.1, 0.15) is 5.75 Å². The maximum Gasteiger partial charge on any atom is 0.277 e. The molecule has 1 aliphatic rings. The molecule has 0 aromatic heterocycles. The maximum atomic E-state index is 11.5. The molecule has 0 atom stereocenters. The van der Waals surface area contributed by atoms with Crippen molar-refractivity contribution < 1.29 is 9.53 Å². The number of carbonyl (C=O) groups excluding carboxylic acids is 1. The SMILES string of the molecule is C/C(=N/NC(=O)COc1ccc(Cl)cc1)C1CC1. The van der Waals surface area contributed by atoms with E-state index in [1.807, 2.05) is 6.92 Å². The Bertz CT molecular complexity index is 453. The van der Waals surface area contributed by atoms with Gasteiger partial charge in [-0.05, 0) is 49.9 Å². The maximum absolute atomic E-state index is 11.5. The van der Waals surface area contributed by atoms with Crippen LogP contribution < -0.4 is 10.2 Å². The van der Waals surface area contributed by atoms with Gasteiger partial charge in [0.2, 0.25) is 0 Å². The first-order chi connectivity index (χ1) is 8.65. The standard InChI is InChI=1S/C13H15ClN2O2/c1-9(10-2-3-10)15-16-13(17)8-18-12-6-4-11(14)5-7-12/h4-7,10H,2-3,8H2,1H3,(H,16,17)/b15-9-. The van der Waals surface area contributed by atoms with Crippen LogP contribution in [0.15, 0.2) is 29.4 Å². The van der Waals surface area contributed by atoms with Crippen LogP contribution >= 0.6 is 11.6 Å². The van der Waals surface area contributed by atoms with Gasteiger partial charge in [0.25, 0.3) is 5.91 Å². The smallest absolute Gasteiger partial charge is 0.277 e. The normalized spacial score (nSPS) is 15.3. The minimum atomic E-state index is -0.259. The number of carbonyl (C=O) groups is 1. The number of nitrogens with one attached hydrogen (secondary N) is 1. The number of amides is 1. The quantitative estimate of drug-likeness (QED) is 0.658. The molecule has 1 aliphatic carbocycles. The van der Waals surface area contributed by atoms with Gasteiger partial charge in [0.15, 0.2) is 6.61 Å². The Hall–Kier alpha value is -1.55. The van der Waals surface area contributed by atoms with Crippen LogP contribution in [0, 0.1) is 5.92 Å². The van der Waals surface area contributed by atoms with Gasteiger partial charge in [-0.3, -0.25) is 4.79 Å². The molecule has 1 aromatic carbocycles. The number of hydrogen-bond acceptors (Lipinski definition) is 3. The van der Waals surface area contributed by atoms with Crippen LogP contribution in [0.25, 0.3) is 0 Å². The highest BCUT2D eigenvalue weighted by Gasteiger charge is 2.24. The van der Waals surface area contributed by atoms with Crippen LogP contribution in [-0.2, 0) is 4.79 Å². The molecule has 0 heterocycles. The summed E-state index contributed by atoms with van der Waals surface area (Å²) in [6.45, 7) is 1.88. The summed E-state index contributed by atoms with van der Waals surface area (Å²) in [5.41, 5.74) is 3.46. The number of hydrogen-bond donors (Lipinski definition) is 1. The summed E-state index contributed by atoms with van der Waals surface area (Å²) in [7, 11) is 0. The van der Waals surface area contributed by atoms with E-state index in [0.29, 0.717) is 16.7 Å². The van der Waals surface area contributed by atoms with Crippen molar-refractivity contribution in [3.8, 4) is 5.75 Å². The molecule has 18 heavy (non-hydrogen) atoms. The Balaban J connectivity index is 1.74. The van der Waals surface area contributed by atoms with Gasteiger partial charge in [-0.15, -0.1) is 0 Å². The molecule has 1 saturated carbocycles. The summed E-state index contributed by atoms with van der Waals surface area (Å²) in [6.07, 6.45) is 2.35. The molecular weight excluding hydrogens is 252 g/mol. The number of ether oxygens (including phenoxy) is 1. The second-order valence-electron chi connectivity index (χ2n) is 4.31. The molecule has 0 unspecified atom stereocenters. The van der Waals surface area contributed by atoms with E-state index in [4.69, 9.17) is 16.3 Å². The van der Waals surface area contributed by atoms with E-state index in [2.05, 4.69) is 10.5 Å².